The smallest absolute Gasteiger partial charge is 0.387 e. The average molecular weight is 390 g/mol. The highest BCUT2D eigenvalue weighted by atomic mass is 32.2. The first-order chi connectivity index (χ1) is 12.9. The number of hydrogen-bond acceptors (Lipinski definition) is 4. The molecule has 0 unspecified atom stereocenters. The number of carboxylic acid groups (broad SMARTS) is 1. The quantitative estimate of drug-likeness (QED) is 0.513. The molecule has 1 N–H and O–H groups in total. The maximum atomic E-state index is 12.2. The van der Waals surface area contributed by atoms with E-state index in [-0.39, 0.29) is 11.5 Å². The molecular formula is C20H16F2O4S. The normalized spacial score (nSPS) is 11.0. The van der Waals surface area contributed by atoms with Crippen LogP contribution in [0.3, 0.4) is 0 Å². The molecule has 27 heavy (non-hydrogen) atoms. The number of thioether (sulfide) groups is 1. The Hall–Kier alpha value is -2.80. The number of alkyl halides is 2. The summed E-state index contributed by atoms with van der Waals surface area (Å²) in [5.41, 5.74) is 2.69. The van der Waals surface area contributed by atoms with Crippen molar-refractivity contribution in [2.75, 3.05) is 0 Å². The largest absolute Gasteiger partial charge is 0.475 e. The van der Waals surface area contributed by atoms with Crippen LogP contribution >= 0.6 is 11.8 Å². The molecule has 3 rings (SSSR count). The van der Waals surface area contributed by atoms with Crippen LogP contribution in [0.5, 0.6) is 5.75 Å². The Morgan fingerprint density at radius 3 is 2.22 bits per heavy atom. The second-order valence-electron chi connectivity index (χ2n) is 5.71. The van der Waals surface area contributed by atoms with E-state index in [0.29, 0.717) is 11.5 Å². The molecule has 3 aromatic rings. The van der Waals surface area contributed by atoms with Crippen LogP contribution < -0.4 is 4.74 Å². The van der Waals surface area contributed by atoms with E-state index in [9.17, 15) is 13.6 Å². The second kappa shape index (κ2) is 8.26. The van der Waals surface area contributed by atoms with Crippen LogP contribution in [-0.2, 0) is 5.75 Å². The van der Waals surface area contributed by atoms with E-state index in [4.69, 9.17) is 9.52 Å². The lowest BCUT2D eigenvalue weighted by Gasteiger charge is -2.07. The molecule has 4 nitrogen and oxygen atoms in total. The van der Waals surface area contributed by atoms with Gasteiger partial charge in [-0.25, -0.2) is 4.79 Å². The van der Waals surface area contributed by atoms with E-state index in [2.05, 4.69) is 4.74 Å². The minimum Gasteiger partial charge on any atom is -0.475 e. The van der Waals surface area contributed by atoms with Crippen LogP contribution in [0.4, 0.5) is 8.78 Å². The molecule has 2 aromatic carbocycles. The van der Waals surface area contributed by atoms with Gasteiger partial charge in [0.05, 0.1) is 0 Å². The summed E-state index contributed by atoms with van der Waals surface area (Å²) in [6.07, 6.45) is 0. The Balaban J connectivity index is 1.64. The highest BCUT2D eigenvalue weighted by Gasteiger charge is 2.13. The fourth-order valence-corrected chi connectivity index (χ4v) is 3.44. The minimum atomic E-state index is -2.84. The zero-order valence-corrected chi connectivity index (χ0v) is 15.1. The Kier molecular flexibility index (Phi) is 5.81. The van der Waals surface area contributed by atoms with Gasteiger partial charge in [-0.3, -0.25) is 0 Å². The topological polar surface area (TPSA) is 59.7 Å². The number of carbonyl (C=O) groups is 1. The SMILES string of the molecule is Cc1oc(C(=O)O)cc1CSc1ccc(-c2ccc(OC(F)F)cc2)cc1. The van der Waals surface area contributed by atoms with Crippen molar-refractivity contribution in [1.29, 1.82) is 0 Å². The number of ether oxygens (including phenoxy) is 1. The first-order valence-electron chi connectivity index (χ1n) is 8.03. The molecule has 0 aliphatic carbocycles. The summed E-state index contributed by atoms with van der Waals surface area (Å²) in [6.45, 7) is -1.09. The van der Waals surface area contributed by atoms with Crippen molar-refractivity contribution in [2.45, 2.75) is 24.2 Å². The number of furan rings is 1. The van der Waals surface area contributed by atoms with Crippen molar-refractivity contribution in [3.63, 3.8) is 0 Å². The summed E-state index contributed by atoms with van der Waals surface area (Å²) in [5.74, 6) is 0.183. The zero-order chi connectivity index (χ0) is 19.4. The Morgan fingerprint density at radius 1 is 1.11 bits per heavy atom. The van der Waals surface area contributed by atoms with Gasteiger partial charge in [0.15, 0.2) is 0 Å². The van der Waals surface area contributed by atoms with E-state index < -0.39 is 12.6 Å². The van der Waals surface area contributed by atoms with Crippen LogP contribution in [0.25, 0.3) is 11.1 Å². The standard InChI is InChI=1S/C20H16F2O4S/c1-12-15(10-18(25-12)19(23)24)11-27-17-8-4-14(5-9-17)13-2-6-16(7-3-13)26-20(21)22/h2-10,20H,11H2,1H3,(H,23,24). The van der Waals surface area contributed by atoms with Gasteiger partial charge in [0.2, 0.25) is 5.76 Å². The number of aryl methyl sites for hydroxylation is 1. The summed E-state index contributed by atoms with van der Waals surface area (Å²) in [4.78, 5) is 12.0. The van der Waals surface area contributed by atoms with E-state index >= 15 is 0 Å². The molecule has 1 heterocycles. The Bertz CT molecular complexity index is 918. The third-order valence-corrected chi connectivity index (χ3v) is 4.95. The number of hydrogen-bond donors (Lipinski definition) is 1. The molecule has 0 radical (unpaired) electrons. The van der Waals surface area contributed by atoms with E-state index in [1.54, 1.807) is 36.9 Å². The first-order valence-corrected chi connectivity index (χ1v) is 9.01. The predicted molar refractivity (Wildman–Crippen MR) is 98.5 cm³/mol. The summed E-state index contributed by atoms with van der Waals surface area (Å²) in [5, 5.41) is 8.96. The van der Waals surface area contributed by atoms with Crippen molar-refractivity contribution in [2.24, 2.45) is 0 Å². The lowest BCUT2D eigenvalue weighted by atomic mass is 10.1. The van der Waals surface area contributed by atoms with Crippen molar-refractivity contribution in [1.82, 2.24) is 0 Å². The fraction of sp³-hybridized carbons (Fsp3) is 0.150. The zero-order valence-electron chi connectivity index (χ0n) is 14.3. The molecule has 0 saturated carbocycles. The minimum absolute atomic E-state index is 0.0577. The number of rotatable bonds is 7. The van der Waals surface area contributed by atoms with Gasteiger partial charge in [0.25, 0.3) is 0 Å². The molecule has 0 amide bonds. The van der Waals surface area contributed by atoms with Gasteiger partial charge in [-0.15, -0.1) is 11.8 Å². The van der Waals surface area contributed by atoms with E-state index in [1.165, 1.54) is 12.1 Å². The maximum absolute atomic E-state index is 12.2. The number of aromatic carboxylic acids is 1. The lowest BCUT2D eigenvalue weighted by molar-refractivity contribution is -0.0498. The number of benzene rings is 2. The molecule has 0 fully saturated rings. The first kappa shape index (κ1) is 19.0. The van der Waals surface area contributed by atoms with Gasteiger partial charge < -0.3 is 14.3 Å². The summed E-state index contributed by atoms with van der Waals surface area (Å²) in [7, 11) is 0. The van der Waals surface area contributed by atoms with E-state index in [1.807, 2.05) is 24.3 Å². The maximum Gasteiger partial charge on any atom is 0.387 e. The molecule has 140 valence electrons. The summed E-state index contributed by atoms with van der Waals surface area (Å²) < 4.78 is 33.9. The molecular weight excluding hydrogens is 374 g/mol. The monoisotopic (exact) mass is 390 g/mol. The van der Waals surface area contributed by atoms with Gasteiger partial charge in [0, 0.05) is 16.2 Å². The van der Waals surface area contributed by atoms with Gasteiger partial charge >= 0.3 is 12.6 Å². The number of halogens is 2. The molecule has 0 aliphatic heterocycles. The van der Waals surface area contributed by atoms with Crippen LogP contribution in [-0.4, -0.2) is 17.7 Å². The van der Waals surface area contributed by atoms with Crippen molar-refractivity contribution >= 4 is 17.7 Å². The molecule has 0 saturated heterocycles. The fourth-order valence-electron chi connectivity index (χ4n) is 2.50. The number of carboxylic acids is 1. The highest BCUT2D eigenvalue weighted by molar-refractivity contribution is 7.98. The lowest BCUT2D eigenvalue weighted by Crippen LogP contribution is -2.01. The molecule has 0 spiro atoms. The van der Waals surface area contributed by atoms with Gasteiger partial charge in [-0.1, -0.05) is 24.3 Å². The molecule has 0 bridgehead atoms. The second-order valence-corrected chi connectivity index (χ2v) is 6.76. The predicted octanol–water partition coefficient (Wildman–Crippen LogP) is 5.85. The molecule has 1 aromatic heterocycles. The van der Waals surface area contributed by atoms with Gasteiger partial charge in [0.1, 0.15) is 11.5 Å². The van der Waals surface area contributed by atoms with Gasteiger partial charge in [-0.05, 0) is 48.4 Å². The van der Waals surface area contributed by atoms with Crippen LogP contribution in [0.15, 0.2) is 63.9 Å². The van der Waals surface area contributed by atoms with Crippen LogP contribution in [0, 0.1) is 6.92 Å². The highest BCUT2D eigenvalue weighted by Crippen LogP contribution is 2.29. The molecule has 0 atom stereocenters. The average Bonchev–Trinajstić information content (AvgIpc) is 3.02. The van der Waals surface area contributed by atoms with Crippen LogP contribution in [0.1, 0.15) is 21.9 Å². The Morgan fingerprint density at radius 2 is 1.70 bits per heavy atom. The van der Waals surface area contributed by atoms with E-state index in [0.717, 1.165) is 21.6 Å². The van der Waals surface area contributed by atoms with Crippen LogP contribution in [0.2, 0.25) is 0 Å². The Labute approximate surface area is 158 Å². The van der Waals surface area contributed by atoms with Crippen molar-refractivity contribution in [3.8, 4) is 16.9 Å². The molecule has 7 heteroatoms. The van der Waals surface area contributed by atoms with Crippen molar-refractivity contribution in [3.05, 3.63) is 71.7 Å². The summed E-state index contributed by atoms with van der Waals surface area (Å²) in [6, 6.07) is 15.8. The van der Waals surface area contributed by atoms with Gasteiger partial charge in [-0.2, -0.15) is 8.78 Å². The van der Waals surface area contributed by atoms with Crippen molar-refractivity contribution < 1.29 is 27.8 Å². The third-order valence-electron chi connectivity index (χ3n) is 3.89. The summed E-state index contributed by atoms with van der Waals surface area (Å²) >= 11 is 1.57. The third kappa shape index (κ3) is 4.89. The molecule has 0 aliphatic rings.